The summed E-state index contributed by atoms with van der Waals surface area (Å²) < 4.78 is 0. The fourth-order valence-electron chi connectivity index (χ4n) is 1.72. The van der Waals surface area contributed by atoms with Crippen LogP contribution in [0.4, 0.5) is 5.69 Å². The number of benzene rings is 2. The average Bonchev–Trinajstić information content (AvgIpc) is 2.37. The molecule has 2 nitrogen and oxygen atoms in total. The molecule has 0 saturated carbocycles. The lowest BCUT2D eigenvalue weighted by Gasteiger charge is -2.09. The van der Waals surface area contributed by atoms with Crippen molar-refractivity contribution in [1.29, 1.82) is 0 Å². The smallest absolute Gasteiger partial charge is 0.228 e. The maximum atomic E-state index is 12.0. The van der Waals surface area contributed by atoms with Crippen LogP contribution in [-0.4, -0.2) is 5.91 Å². The first-order chi connectivity index (χ1) is 9.04. The van der Waals surface area contributed by atoms with Gasteiger partial charge in [0, 0.05) is 15.6 Å². The molecule has 0 unspecified atom stereocenters. The van der Waals surface area contributed by atoms with Gasteiger partial charge in [0.25, 0.3) is 0 Å². The van der Waals surface area contributed by atoms with Crippen molar-refractivity contribution in [3.8, 4) is 0 Å². The Morgan fingerprint density at radius 2 is 1.89 bits per heavy atom. The molecule has 2 aromatic rings. The van der Waals surface area contributed by atoms with Gasteiger partial charge in [0.05, 0.1) is 6.42 Å². The number of amides is 1. The van der Waals surface area contributed by atoms with Gasteiger partial charge >= 0.3 is 0 Å². The first-order valence-electron chi connectivity index (χ1n) is 5.88. The number of hydrogen-bond acceptors (Lipinski definition) is 2. The Labute approximate surface area is 123 Å². The van der Waals surface area contributed by atoms with Gasteiger partial charge in [-0.25, -0.2) is 0 Å². The third-order valence-electron chi connectivity index (χ3n) is 2.77. The molecular weight excluding hydrogens is 278 g/mol. The lowest BCUT2D eigenvalue weighted by molar-refractivity contribution is -0.115. The molecule has 4 heteroatoms. The predicted molar refractivity (Wildman–Crippen MR) is 82.2 cm³/mol. The fourth-order valence-corrected chi connectivity index (χ4v) is 2.04. The maximum Gasteiger partial charge on any atom is 0.228 e. The van der Waals surface area contributed by atoms with Crippen molar-refractivity contribution in [2.45, 2.75) is 18.2 Å². The first kappa shape index (κ1) is 14.0. The van der Waals surface area contributed by atoms with E-state index < -0.39 is 0 Å². The van der Waals surface area contributed by atoms with Crippen LogP contribution in [0.25, 0.3) is 0 Å². The van der Waals surface area contributed by atoms with E-state index in [2.05, 4.69) is 17.9 Å². The van der Waals surface area contributed by atoms with Gasteiger partial charge in [-0.1, -0.05) is 29.8 Å². The molecule has 0 atom stereocenters. The molecular formula is C15H14ClNOS. The van der Waals surface area contributed by atoms with Gasteiger partial charge in [-0.2, -0.15) is 0 Å². The van der Waals surface area contributed by atoms with Crippen LogP contribution in [0.3, 0.4) is 0 Å². The normalized spacial score (nSPS) is 10.3. The second-order valence-electron chi connectivity index (χ2n) is 4.35. The summed E-state index contributed by atoms with van der Waals surface area (Å²) in [6.07, 6.45) is 0.333. The molecule has 0 bridgehead atoms. The number of thiol groups is 1. The van der Waals surface area contributed by atoms with Gasteiger partial charge in [0.1, 0.15) is 0 Å². The minimum Gasteiger partial charge on any atom is -0.326 e. The highest BCUT2D eigenvalue weighted by molar-refractivity contribution is 7.80. The van der Waals surface area contributed by atoms with Crippen molar-refractivity contribution in [1.82, 2.24) is 0 Å². The summed E-state index contributed by atoms with van der Waals surface area (Å²) in [6.45, 7) is 1.93. The van der Waals surface area contributed by atoms with E-state index in [1.807, 2.05) is 37.3 Å². The number of aryl methyl sites for hydroxylation is 1. The molecule has 0 heterocycles. The minimum atomic E-state index is -0.0581. The Morgan fingerprint density at radius 3 is 2.58 bits per heavy atom. The largest absolute Gasteiger partial charge is 0.326 e. The van der Waals surface area contributed by atoms with Gasteiger partial charge in [-0.05, 0) is 42.3 Å². The molecule has 2 rings (SSSR count). The first-order valence-corrected chi connectivity index (χ1v) is 6.71. The topological polar surface area (TPSA) is 29.1 Å². The fraction of sp³-hybridized carbons (Fsp3) is 0.133. The Kier molecular flexibility index (Phi) is 4.51. The SMILES string of the molecule is Cc1ccc(Cl)cc1NC(=O)Cc1ccc(S)cc1. The summed E-state index contributed by atoms with van der Waals surface area (Å²) in [4.78, 5) is 12.8. The maximum absolute atomic E-state index is 12.0. The standard InChI is InChI=1S/C15H14ClNOS/c1-10-2-5-12(16)9-14(10)17-15(18)8-11-3-6-13(19)7-4-11/h2-7,9,19H,8H2,1H3,(H,17,18). The summed E-state index contributed by atoms with van der Waals surface area (Å²) in [5.41, 5.74) is 2.70. The van der Waals surface area contributed by atoms with Crippen molar-refractivity contribution in [3.63, 3.8) is 0 Å². The molecule has 0 aliphatic carbocycles. The summed E-state index contributed by atoms with van der Waals surface area (Å²) >= 11 is 10.1. The molecule has 0 fully saturated rings. The summed E-state index contributed by atoms with van der Waals surface area (Å²) in [5.74, 6) is -0.0581. The quantitative estimate of drug-likeness (QED) is 0.819. The highest BCUT2D eigenvalue weighted by Gasteiger charge is 2.06. The number of nitrogens with one attached hydrogen (secondary N) is 1. The number of hydrogen-bond donors (Lipinski definition) is 2. The van der Waals surface area contributed by atoms with Gasteiger partial charge < -0.3 is 5.32 Å². The minimum absolute atomic E-state index is 0.0581. The highest BCUT2D eigenvalue weighted by Crippen LogP contribution is 2.20. The van der Waals surface area contributed by atoms with Crippen molar-refractivity contribution in [2.24, 2.45) is 0 Å². The van der Waals surface area contributed by atoms with E-state index in [9.17, 15) is 4.79 Å². The van der Waals surface area contributed by atoms with Gasteiger partial charge in [-0.15, -0.1) is 12.6 Å². The van der Waals surface area contributed by atoms with Gasteiger partial charge in [0.2, 0.25) is 5.91 Å². The number of halogens is 1. The zero-order valence-electron chi connectivity index (χ0n) is 10.5. The molecule has 19 heavy (non-hydrogen) atoms. The van der Waals surface area contributed by atoms with Crippen LogP contribution in [0, 0.1) is 6.92 Å². The van der Waals surface area contributed by atoms with Crippen molar-refractivity contribution >= 4 is 35.8 Å². The van der Waals surface area contributed by atoms with Crippen molar-refractivity contribution in [2.75, 3.05) is 5.32 Å². The molecule has 0 spiro atoms. The van der Waals surface area contributed by atoms with Crippen LogP contribution in [-0.2, 0) is 11.2 Å². The molecule has 1 amide bonds. The Balaban J connectivity index is 2.05. The van der Waals surface area contributed by atoms with E-state index in [0.717, 1.165) is 21.7 Å². The van der Waals surface area contributed by atoms with E-state index in [1.54, 1.807) is 12.1 Å². The van der Waals surface area contributed by atoms with Crippen LogP contribution < -0.4 is 5.32 Å². The number of anilines is 1. The number of carbonyl (C=O) groups is 1. The Hall–Kier alpha value is -1.45. The second-order valence-corrected chi connectivity index (χ2v) is 5.30. The zero-order valence-corrected chi connectivity index (χ0v) is 12.1. The van der Waals surface area contributed by atoms with Gasteiger partial charge in [-0.3, -0.25) is 4.79 Å². The van der Waals surface area contributed by atoms with E-state index in [4.69, 9.17) is 11.6 Å². The molecule has 0 aliphatic heterocycles. The summed E-state index contributed by atoms with van der Waals surface area (Å²) in [5, 5.41) is 3.48. The molecule has 0 radical (unpaired) electrons. The molecule has 0 aliphatic rings. The van der Waals surface area contributed by atoms with Crippen LogP contribution in [0.1, 0.15) is 11.1 Å². The Bertz CT molecular complexity index is 596. The second kappa shape index (κ2) is 6.13. The van der Waals surface area contributed by atoms with E-state index in [-0.39, 0.29) is 5.91 Å². The third kappa shape index (κ3) is 4.01. The number of carbonyl (C=O) groups excluding carboxylic acids is 1. The molecule has 0 saturated heterocycles. The summed E-state index contributed by atoms with van der Waals surface area (Å²) in [7, 11) is 0. The van der Waals surface area contributed by atoms with Crippen LogP contribution in [0.15, 0.2) is 47.4 Å². The van der Waals surface area contributed by atoms with Crippen LogP contribution in [0.5, 0.6) is 0 Å². The van der Waals surface area contributed by atoms with Crippen LogP contribution >= 0.6 is 24.2 Å². The third-order valence-corrected chi connectivity index (χ3v) is 3.31. The Morgan fingerprint density at radius 1 is 1.21 bits per heavy atom. The number of rotatable bonds is 3. The van der Waals surface area contributed by atoms with E-state index in [1.165, 1.54) is 0 Å². The van der Waals surface area contributed by atoms with Crippen molar-refractivity contribution in [3.05, 3.63) is 58.6 Å². The zero-order chi connectivity index (χ0) is 13.8. The highest BCUT2D eigenvalue weighted by atomic mass is 35.5. The van der Waals surface area contributed by atoms with E-state index in [0.29, 0.717) is 11.4 Å². The monoisotopic (exact) mass is 291 g/mol. The molecule has 1 N–H and O–H groups in total. The molecule has 2 aromatic carbocycles. The lowest BCUT2D eigenvalue weighted by atomic mass is 10.1. The molecule has 0 aromatic heterocycles. The van der Waals surface area contributed by atoms with Gasteiger partial charge in [0.15, 0.2) is 0 Å². The average molecular weight is 292 g/mol. The van der Waals surface area contributed by atoms with Crippen LogP contribution in [0.2, 0.25) is 5.02 Å². The molecule has 98 valence electrons. The predicted octanol–water partition coefficient (Wildman–Crippen LogP) is 4.12. The summed E-state index contributed by atoms with van der Waals surface area (Å²) in [6, 6.07) is 13.0. The van der Waals surface area contributed by atoms with Crippen molar-refractivity contribution < 1.29 is 4.79 Å². The lowest BCUT2D eigenvalue weighted by Crippen LogP contribution is -2.15. The van der Waals surface area contributed by atoms with E-state index >= 15 is 0 Å².